The molecule has 0 spiro atoms. The second-order valence-electron chi connectivity index (χ2n) is 3.17. The lowest BCUT2D eigenvalue weighted by atomic mass is 9.87. The molecular formula is C8H18BN3O2. The van der Waals surface area contributed by atoms with E-state index in [1.165, 1.54) is 0 Å². The molecule has 1 heterocycles. The van der Waals surface area contributed by atoms with Crippen molar-refractivity contribution in [1.29, 1.82) is 0 Å². The van der Waals surface area contributed by atoms with Gasteiger partial charge in [-0.05, 0) is 21.1 Å². The van der Waals surface area contributed by atoms with Crippen LogP contribution < -0.4 is 16.0 Å². The first-order valence-corrected chi connectivity index (χ1v) is 4.70. The van der Waals surface area contributed by atoms with E-state index in [2.05, 4.69) is 22.5 Å². The first-order chi connectivity index (χ1) is 6.69. The van der Waals surface area contributed by atoms with E-state index in [0.29, 0.717) is 6.42 Å². The predicted molar refractivity (Wildman–Crippen MR) is 56.4 cm³/mol. The summed E-state index contributed by atoms with van der Waals surface area (Å²) >= 11 is 0. The molecule has 1 saturated heterocycles. The van der Waals surface area contributed by atoms with Crippen molar-refractivity contribution >= 4 is 7.12 Å². The molecule has 0 aromatic rings. The van der Waals surface area contributed by atoms with Gasteiger partial charge in [0.25, 0.3) is 0 Å². The van der Waals surface area contributed by atoms with Crippen molar-refractivity contribution < 1.29 is 9.31 Å². The summed E-state index contributed by atoms with van der Waals surface area (Å²) in [7, 11) is 5.14. The van der Waals surface area contributed by atoms with Crippen LogP contribution in [0.4, 0.5) is 0 Å². The van der Waals surface area contributed by atoms with Crippen LogP contribution in [0.15, 0.2) is 12.6 Å². The minimum atomic E-state index is -0.551. The monoisotopic (exact) mass is 199 g/mol. The number of hydrogen-bond donors (Lipinski definition) is 3. The molecule has 1 aliphatic rings. The Labute approximate surface area is 85.4 Å². The Kier molecular flexibility index (Phi) is 4.09. The van der Waals surface area contributed by atoms with Gasteiger partial charge in [-0.3, -0.25) is 16.0 Å². The lowest BCUT2D eigenvalue weighted by Gasteiger charge is -2.42. The quantitative estimate of drug-likeness (QED) is 0.412. The van der Waals surface area contributed by atoms with E-state index in [4.69, 9.17) is 9.31 Å². The van der Waals surface area contributed by atoms with Crippen molar-refractivity contribution in [1.82, 2.24) is 16.0 Å². The van der Waals surface area contributed by atoms with Crippen molar-refractivity contribution in [2.24, 2.45) is 0 Å². The lowest BCUT2D eigenvalue weighted by molar-refractivity contribution is -0.0940. The molecule has 5 nitrogen and oxygen atoms in total. The van der Waals surface area contributed by atoms with E-state index in [0.717, 1.165) is 0 Å². The average molecular weight is 199 g/mol. The molecule has 1 rings (SSSR count). The van der Waals surface area contributed by atoms with Crippen LogP contribution in [-0.4, -0.2) is 40.3 Å². The minimum absolute atomic E-state index is 0.0494. The third kappa shape index (κ3) is 2.34. The molecule has 0 aromatic carbocycles. The van der Waals surface area contributed by atoms with Crippen LogP contribution in [0.1, 0.15) is 6.42 Å². The zero-order valence-corrected chi connectivity index (χ0v) is 8.96. The Bertz CT molecular complexity index is 199. The molecule has 1 aliphatic heterocycles. The van der Waals surface area contributed by atoms with Crippen molar-refractivity contribution in [3.05, 3.63) is 12.6 Å². The van der Waals surface area contributed by atoms with E-state index in [1.54, 1.807) is 5.98 Å². The Hall–Kier alpha value is -0.395. The topological polar surface area (TPSA) is 54.5 Å². The summed E-state index contributed by atoms with van der Waals surface area (Å²) < 4.78 is 11.2. The van der Waals surface area contributed by atoms with Gasteiger partial charge < -0.3 is 9.31 Å². The highest BCUT2D eigenvalue weighted by atomic mass is 16.6. The summed E-state index contributed by atoms with van der Waals surface area (Å²) in [5.41, 5.74) is 0. The molecule has 80 valence electrons. The molecule has 1 atom stereocenters. The zero-order chi connectivity index (χ0) is 10.6. The van der Waals surface area contributed by atoms with E-state index in [-0.39, 0.29) is 6.23 Å². The first kappa shape index (κ1) is 11.7. The van der Waals surface area contributed by atoms with Crippen LogP contribution in [0.25, 0.3) is 0 Å². The van der Waals surface area contributed by atoms with E-state index in [9.17, 15) is 0 Å². The molecule has 3 N–H and O–H groups in total. The van der Waals surface area contributed by atoms with Crippen LogP contribution in [-0.2, 0) is 9.31 Å². The van der Waals surface area contributed by atoms with Crippen LogP contribution in [0.5, 0.6) is 0 Å². The van der Waals surface area contributed by atoms with Gasteiger partial charge >= 0.3 is 7.12 Å². The Morgan fingerprint density at radius 1 is 1.43 bits per heavy atom. The van der Waals surface area contributed by atoms with Gasteiger partial charge in [0.2, 0.25) is 0 Å². The third-order valence-corrected chi connectivity index (χ3v) is 2.41. The molecule has 0 bridgehead atoms. The number of nitrogens with one attached hydrogen (secondary N) is 3. The maximum Gasteiger partial charge on any atom is 0.488 e. The molecule has 1 unspecified atom stereocenters. The van der Waals surface area contributed by atoms with Crippen LogP contribution in [0, 0.1) is 0 Å². The standard InChI is InChI=1S/C8H18BN3O2/c1-5-9-13-7(10-2)6-8(11-3,12-4)14-9/h5,7,10-12H,1,6H2,2-4H3. The van der Waals surface area contributed by atoms with Crippen LogP contribution >= 0.6 is 0 Å². The van der Waals surface area contributed by atoms with Gasteiger partial charge in [-0.15, -0.1) is 6.58 Å². The SMILES string of the molecule is C=CB1OC(NC)CC(NC)(NC)O1. The van der Waals surface area contributed by atoms with E-state index >= 15 is 0 Å². The first-order valence-electron chi connectivity index (χ1n) is 4.70. The summed E-state index contributed by atoms with van der Waals surface area (Å²) in [4.78, 5) is 0. The molecule has 1 fully saturated rings. The van der Waals surface area contributed by atoms with E-state index < -0.39 is 13.0 Å². The van der Waals surface area contributed by atoms with Gasteiger partial charge in [0.1, 0.15) is 0 Å². The van der Waals surface area contributed by atoms with Gasteiger partial charge in [0, 0.05) is 6.42 Å². The summed E-state index contributed by atoms with van der Waals surface area (Å²) in [5, 5.41) is 9.25. The maximum atomic E-state index is 5.65. The molecule has 0 aliphatic carbocycles. The van der Waals surface area contributed by atoms with Crippen molar-refractivity contribution in [2.75, 3.05) is 21.1 Å². The summed E-state index contributed by atoms with van der Waals surface area (Å²) in [6, 6.07) is 0. The Morgan fingerprint density at radius 2 is 2.07 bits per heavy atom. The van der Waals surface area contributed by atoms with Gasteiger partial charge in [-0.2, -0.15) is 0 Å². The lowest BCUT2D eigenvalue weighted by Crippen LogP contribution is -2.65. The average Bonchev–Trinajstić information content (AvgIpc) is 2.28. The minimum Gasteiger partial charge on any atom is -0.392 e. The van der Waals surface area contributed by atoms with Gasteiger partial charge in [0.05, 0.1) is 6.23 Å². The third-order valence-electron chi connectivity index (χ3n) is 2.41. The van der Waals surface area contributed by atoms with Crippen LogP contribution in [0.3, 0.4) is 0 Å². The van der Waals surface area contributed by atoms with Gasteiger partial charge in [0.15, 0.2) is 5.85 Å². The fourth-order valence-corrected chi connectivity index (χ4v) is 1.47. The summed E-state index contributed by atoms with van der Waals surface area (Å²) in [5.74, 6) is 1.08. The zero-order valence-electron chi connectivity index (χ0n) is 8.96. The normalized spacial score (nSPS) is 26.2. The second-order valence-corrected chi connectivity index (χ2v) is 3.17. The molecule has 0 aromatic heterocycles. The maximum absolute atomic E-state index is 5.65. The van der Waals surface area contributed by atoms with Gasteiger partial charge in [-0.1, -0.05) is 5.98 Å². The fraction of sp³-hybridized carbons (Fsp3) is 0.750. The highest BCUT2D eigenvalue weighted by molar-refractivity contribution is 6.50. The largest absolute Gasteiger partial charge is 0.488 e. The molecule has 0 amide bonds. The van der Waals surface area contributed by atoms with E-state index in [1.807, 2.05) is 21.1 Å². The van der Waals surface area contributed by atoms with Crippen molar-refractivity contribution in [3.8, 4) is 0 Å². The Morgan fingerprint density at radius 3 is 2.50 bits per heavy atom. The fourth-order valence-electron chi connectivity index (χ4n) is 1.47. The molecule has 0 saturated carbocycles. The Balaban J connectivity index is 2.71. The molecule has 0 radical (unpaired) electrons. The number of hydrogen-bond acceptors (Lipinski definition) is 5. The van der Waals surface area contributed by atoms with Crippen molar-refractivity contribution in [3.63, 3.8) is 0 Å². The van der Waals surface area contributed by atoms with Gasteiger partial charge in [-0.25, -0.2) is 0 Å². The smallest absolute Gasteiger partial charge is 0.392 e. The second kappa shape index (κ2) is 4.90. The number of rotatable bonds is 4. The van der Waals surface area contributed by atoms with Crippen LogP contribution in [0.2, 0.25) is 0 Å². The molecule has 14 heavy (non-hydrogen) atoms. The summed E-state index contributed by atoms with van der Waals surface area (Å²) in [6.45, 7) is 3.65. The predicted octanol–water partition coefficient (Wildman–Crippen LogP) is -0.725. The summed E-state index contributed by atoms with van der Waals surface area (Å²) in [6.07, 6.45) is 0.632. The molecule has 6 heteroatoms. The highest BCUT2D eigenvalue weighted by Crippen LogP contribution is 2.20. The highest BCUT2D eigenvalue weighted by Gasteiger charge is 2.41. The molecular weight excluding hydrogens is 181 g/mol. The van der Waals surface area contributed by atoms with Crippen molar-refractivity contribution in [2.45, 2.75) is 18.5 Å².